The van der Waals surface area contributed by atoms with E-state index in [1.807, 2.05) is 30.5 Å². The maximum atomic E-state index is 11.7. The Bertz CT molecular complexity index is 918. The van der Waals surface area contributed by atoms with Crippen LogP contribution >= 0.6 is 0 Å². The molecule has 0 unspecified atom stereocenters. The van der Waals surface area contributed by atoms with E-state index in [0.717, 1.165) is 48.1 Å². The minimum absolute atomic E-state index is 0.152. The monoisotopic (exact) mass is 335 g/mol. The number of carbonyl (C=O) groups is 1. The molecule has 1 aliphatic heterocycles. The SMILES string of the molecule is NC(=O)n1ccc2c(N3CCC[C@@H](N)C3)c(-c3ccccc3)cnc21. The molecule has 0 saturated carbocycles. The van der Waals surface area contributed by atoms with Gasteiger partial charge >= 0.3 is 6.03 Å². The fraction of sp³-hybridized carbons (Fsp3) is 0.263. The van der Waals surface area contributed by atoms with Crippen LogP contribution in [-0.2, 0) is 0 Å². The number of nitrogens with two attached hydrogens (primary N) is 2. The third-order valence-corrected chi connectivity index (χ3v) is 4.78. The number of pyridine rings is 1. The largest absolute Gasteiger partial charge is 0.369 e. The molecule has 3 heterocycles. The Hall–Kier alpha value is -2.86. The zero-order valence-electron chi connectivity index (χ0n) is 13.9. The molecule has 128 valence electrons. The second-order valence-corrected chi connectivity index (χ2v) is 6.50. The van der Waals surface area contributed by atoms with Crippen LogP contribution in [-0.4, -0.2) is 34.7 Å². The summed E-state index contributed by atoms with van der Waals surface area (Å²) in [4.78, 5) is 18.5. The molecule has 1 aromatic carbocycles. The first-order valence-corrected chi connectivity index (χ1v) is 8.51. The van der Waals surface area contributed by atoms with Gasteiger partial charge in [0.25, 0.3) is 0 Å². The molecule has 3 aromatic rings. The number of carbonyl (C=O) groups excluding carboxylic acids is 1. The van der Waals surface area contributed by atoms with Crippen LogP contribution in [0.25, 0.3) is 22.2 Å². The predicted molar refractivity (Wildman–Crippen MR) is 99.6 cm³/mol. The van der Waals surface area contributed by atoms with Gasteiger partial charge < -0.3 is 16.4 Å². The molecule has 0 bridgehead atoms. The highest BCUT2D eigenvalue weighted by molar-refractivity contribution is 6.02. The molecule has 0 spiro atoms. The third kappa shape index (κ3) is 2.74. The van der Waals surface area contributed by atoms with Crippen LogP contribution in [0.1, 0.15) is 12.8 Å². The average Bonchev–Trinajstić information content (AvgIpc) is 3.06. The molecule has 1 amide bonds. The standard InChI is InChI=1S/C19H21N5O/c20-14-7-4-9-23(12-14)17-15-8-10-24(19(21)25)18(15)22-11-16(17)13-5-2-1-3-6-13/h1-3,5-6,8,10-11,14H,4,7,9,12,20H2,(H2,21,25)/t14-/m1/s1. The highest BCUT2D eigenvalue weighted by Gasteiger charge is 2.24. The molecule has 25 heavy (non-hydrogen) atoms. The Kier molecular flexibility index (Phi) is 3.89. The first-order chi connectivity index (χ1) is 12.1. The molecular weight excluding hydrogens is 314 g/mol. The van der Waals surface area contributed by atoms with Gasteiger partial charge in [0.05, 0.1) is 5.69 Å². The van der Waals surface area contributed by atoms with Crippen molar-refractivity contribution in [1.29, 1.82) is 0 Å². The number of hydrogen-bond acceptors (Lipinski definition) is 4. The van der Waals surface area contributed by atoms with Gasteiger partial charge in [0.2, 0.25) is 0 Å². The maximum absolute atomic E-state index is 11.7. The van der Waals surface area contributed by atoms with E-state index in [9.17, 15) is 4.79 Å². The molecule has 6 nitrogen and oxygen atoms in total. The van der Waals surface area contributed by atoms with Crippen LogP contribution in [0.5, 0.6) is 0 Å². The summed E-state index contributed by atoms with van der Waals surface area (Å²) in [5, 5.41) is 0.925. The number of primary amides is 1. The summed E-state index contributed by atoms with van der Waals surface area (Å²) in [5.74, 6) is 0. The van der Waals surface area contributed by atoms with E-state index in [1.54, 1.807) is 6.20 Å². The summed E-state index contributed by atoms with van der Waals surface area (Å²) in [6.07, 6.45) is 5.60. The van der Waals surface area contributed by atoms with E-state index in [1.165, 1.54) is 4.57 Å². The first-order valence-electron chi connectivity index (χ1n) is 8.51. The van der Waals surface area contributed by atoms with Crippen LogP contribution < -0.4 is 16.4 Å². The molecule has 1 saturated heterocycles. The van der Waals surface area contributed by atoms with Gasteiger partial charge in [-0.2, -0.15) is 0 Å². The summed E-state index contributed by atoms with van der Waals surface area (Å²) in [7, 11) is 0. The molecule has 4 N–H and O–H groups in total. The second kappa shape index (κ2) is 6.22. The maximum Gasteiger partial charge on any atom is 0.324 e. The number of amides is 1. The normalized spacial score (nSPS) is 17.8. The molecule has 6 heteroatoms. The topological polar surface area (TPSA) is 90.2 Å². The highest BCUT2D eigenvalue weighted by atomic mass is 16.2. The smallest absolute Gasteiger partial charge is 0.324 e. The molecule has 1 atom stereocenters. The van der Waals surface area contributed by atoms with Gasteiger partial charge in [0.1, 0.15) is 5.65 Å². The van der Waals surface area contributed by atoms with Gasteiger partial charge in [-0.25, -0.2) is 9.78 Å². The lowest BCUT2D eigenvalue weighted by molar-refractivity contribution is 0.251. The third-order valence-electron chi connectivity index (χ3n) is 4.78. The number of nitrogens with zero attached hydrogens (tertiary/aromatic N) is 3. The van der Waals surface area contributed by atoms with Crippen molar-refractivity contribution in [3.05, 3.63) is 48.8 Å². The zero-order valence-corrected chi connectivity index (χ0v) is 13.9. The molecule has 0 radical (unpaired) electrons. The van der Waals surface area contributed by atoms with Gasteiger partial charge in [-0.05, 0) is 24.5 Å². The highest BCUT2D eigenvalue weighted by Crippen LogP contribution is 2.37. The van der Waals surface area contributed by atoms with Crippen LogP contribution in [0.2, 0.25) is 0 Å². The van der Waals surface area contributed by atoms with Crippen LogP contribution in [0.15, 0.2) is 48.8 Å². The van der Waals surface area contributed by atoms with Gasteiger partial charge in [-0.1, -0.05) is 30.3 Å². The van der Waals surface area contributed by atoms with Crippen LogP contribution in [0.3, 0.4) is 0 Å². The average molecular weight is 335 g/mol. The lowest BCUT2D eigenvalue weighted by Crippen LogP contribution is -2.43. The second-order valence-electron chi connectivity index (χ2n) is 6.50. The molecule has 1 fully saturated rings. The number of benzene rings is 1. The molecular formula is C19H21N5O. The minimum Gasteiger partial charge on any atom is -0.369 e. The number of rotatable bonds is 2. The molecule has 1 aliphatic rings. The van der Waals surface area contributed by atoms with Crippen molar-refractivity contribution >= 4 is 22.8 Å². The zero-order chi connectivity index (χ0) is 17.4. The number of piperidine rings is 1. The van der Waals surface area contributed by atoms with E-state index >= 15 is 0 Å². The number of anilines is 1. The summed E-state index contributed by atoms with van der Waals surface area (Å²) < 4.78 is 1.39. The lowest BCUT2D eigenvalue weighted by atomic mass is 10.00. The predicted octanol–water partition coefficient (Wildman–Crippen LogP) is 2.56. The van der Waals surface area contributed by atoms with E-state index in [2.05, 4.69) is 22.0 Å². The number of hydrogen-bond donors (Lipinski definition) is 2. The Morgan fingerprint density at radius 3 is 2.72 bits per heavy atom. The van der Waals surface area contributed by atoms with Crippen LogP contribution in [0.4, 0.5) is 10.5 Å². The van der Waals surface area contributed by atoms with Gasteiger partial charge in [0.15, 0.2) is 0 Å². The Morgan fingerprint density at radius 1 is 1.20 bits per heavy atom. The van der Waals surface area contributed by atoms with Crippen molar-refractivity contribution in [2.45, 2.75) is 18.9 Å². The summed E-state index contributed by atoms with van der Waals surface area (Å²) in [6.45, 7) is 1.73. The van der Waals surface area contributed by atoms with E-state index in [-0.39, 0.29) is 6.04 Å². The first kappa shape index (κ1) is 15.7. The molecule has 0 aliphatic carbocycles. The van der Waals surface area contributed by atoms with Gasteiger partial charge in [0, 0.05) is 42.5 Å². The fourth-order valence-corrected chi connectivity index (χ4v) is 3.63. The minimum atomic E-state index is -0.531. The summed E-state index contributed by atoms with van der Waals surface area (Å²) >= 11 is 0. The Labute approximate surface area is 146 Å². The molecule has 2 aromatic heterocycles. The van der Waals surface area contributed by atoms with Crippen molar-refractivity contribution in [2.75, 3.05) is 18.0 Å². The Morgan fingerprint density at radius 2 is 2.00 bits per heavy atom. The number of aromatic nitrogens is 2. The van der Waals surface area contributed by atoms with Crippen molar-refractivity contribution in [1.82, 2.24) is 9.55 Å². The summed E-state index contributed by atoms with van der Waals surface area (Å²) in [5.41, 5.74) is 15.5. The van der Waals surface area contributed by atoms with Gasteiger partial charge in [-0.3, -0.25) is 4.57 Å². The number of fused-ring (bicyclic) bond motifs is 1. The summed E-state index contributed by atoms with van der Waals surface area (Å²) in [6, 6.07) is 11.7. The van der Waals surface area contributed by atoms with Crippen molar-refractivity contribution in [3.8, 4) is 11.1 Å². The fourth-order valence-electron chi connectivity index (χ4n) is 3.63. The van der Waals surface area contributed by atoms with Crippen molar-refractivity contribution < 1.29 is 4.79 Å². The van der Waals surface area contributed by atoms with Crippen molar-refractivity contribution in [3.63, 3.8) is 0 Å². The van der Waals surface area contributed by atoms with Gasteiger partial charge in [-0.15, -0.1) is 0 Å². The van der Waals surface area contributed by atoms with E-state index in [0.29, 0.717) is 5.65 Å². The lowest BCUT2D eigenvalue weighted by Gasteiger charge is -2.34. The van der Waals surface area contributed by atoms with Crippen molar-refractivity contribution in [2.24, 2.45) is 11.5 Å². The van der Waals surface area contributed by atoms with Crippen LogP contribution in [0, 0.1) is 0 Å². The Balaban J connectivity index is 1.95. The van der Waals surface area contributed by atoms with E-state index < -0.39 is 6.03 Å². The quantitative estimate of drug-likeness (QED) is 0.753. The molecule has 4 rings (SSSR count). The van der Waals surface area contributed by atoms with E-state index in [4.69, 9.17) is 11.5 Å².